The molecule has 8 nitrogen and oxygen atoms in total. The number of ether oxygens (including phenoxy) is 2. The molecule has 0 spiro atoms. The Balaban J connectivity index is 1.82. The van der Waals surface area contributed by atoms with E-state index in [0.29, 0.717) is 24.8 Å². The van der Waals surface area contributed by atoms with E-state index in [-0.39, 0.29) is 54.1 Å². The van der Waals surface area contributed by atoms with Crippen LogP contribution in [0.2, 0.25) is 0 Å². The number of aryl methyl sites for hydroxylation is 2. The minimum Gasteiger partial charge on any atom is -0.504 e. The van der Waals surface area contributed by atoms with Crippen molar-refractivity contribution in [3.8, 4) is 28.7 Å². The lowest BCUT2D eigenvalue weighted by Gasteiger charge is -2.12. The molecule has 2 aromatic rings. The Morgan fingerprint density at radius 1 is 1.03 bits per heavy atom. The van der Waals surface area contributed by atoms with Crippen LogP contribution in [0.1, 0.15) is 30.4 Å². The summed E-state index contributed by atoms with van der Waals surface area (Å²) in [5.74, 6) is -0.309. The highest BCUT2D eigenvalue weighted by Crippen LogP contribution is 2.36. The molecule has 2 aromatic carbocycles. The lowest BCUT2D eigenvalue weighted by molar-refractivity contribution is -0.121. The zero-order valence-corrected chi connectivity index (χ0v) is 16.3. The minimum atomic E-state index is -0.819. The molecular formula is C21H27NO7. The van der Waals surface area contributed by atoms with E-state index in [2.05, 4.69) is 0 Å². The van der Waals surface area contributed by atoms with E-state index in [1.165, 1.54) is 19.2 Å². The van der Waals surface area contributed by atoms with Crippen LogP contribution in [-0.2, 0) is 17.6 Å². The summed E-state index contributed by atoms with van der Waals surface area (Å²) in [6.45, 7) is -0.0627. The second kappa shape index (κ2) is 10.5. The number of aliphatic hydroxyl groups is 1. The van der Waals surface area contributed by atoms with Crippen LogP contribution >= 0.6 is 0 Å². The van der Waals surface area contributed by atoms with Gasteiger partial charge in [0.15, 0.2) is 23.0 Å². The molecule has 0 aliphatic carbocycles. The fourth-order valence-corrected chi connectivity index (χ4v) is 2.95. The van der Waals surface area contributed by atoms with E-state index in [0.717, 1.165) is 5.56 Å². The van der Waals surface area contributed by atoms with E-state index in [1.54, 1.807) is 18.2 Å². The molecule has 0 amide bonds. The summed E-state index contributed by atoms with van der Waals surface area (Å²) in [4.78, 5) is 12.2. The summed E-state index contributed by atoms with van der Waals surface area (Å²) in [7, 11) is 1.38. The van der Waals surface area contributed by atoms with Crippen molar-refractivity contribution < 1.29 is 34.7 Å². The van der Waals surface area contributed by atoms with Crippen molar-refractivity contribution >= 4 is 5.78 Å². The van der Waals surface area contributed by atoms with E-state index >= 15 is 0 Å². The standard InChI is InChI=1S/C21H27NO7/c1-28-20-10-14(8-18(26)21(20)27)3-6-16(24)11-15(23)5-2-13-4-7-17(25)19(9-13)29-12-22/h4,7-10,16,24-27H,2-3,5-6,11-12,22H2,1H3. The smallest absolute Gasteiger partial charge is 0.200 e. The molecule has 0 fully saturated rings. The van der Waals surface area contributed by atoms with E-state index in [1.807, 2.05) is 0 Å². The summed E-state index contributed by atoms with van der Waals surface area (Å²) in [5, 5.41) is 39.1. The lowest BCUT2D eigenvalue weighted by atomic mass is 9.99. The largest absolute Gasteiger partial charge is 0.504 e. The number of phenols is 3. The number of carbonyl (C=O) groups excluding carboxylic acids is 1. The summed E-state index contributed by atoms with van der Waals surface area (Å²) in [6.07, 6.45) is 0.641. The molecular weight excluding hydrogens is 378 g/mol. The minimum absolute atomic E-state index is 0.0159. The second-order valence-electron chi connectivity index (χ2n) is 6.71. The van der Waals surface area contributed by atoms with Crippen LogP contribution in [0.25, 0.3) is 0 Å². The Morgan fingerprint density at radius 2 is 1.76 bits per heavy atom. The van der Waals surface area contributed by atoms with E-state index < -0.39 is 6.10 Å². The van der Waals surface area contributed by atoms with Gasteiger partial charge in [0.2, 0.25) is 5.75 Å². The molecule has 0 bridgehead atoms. The van der Waals surface area contributed by atoms with E-state index in [4.69, 9.17) is 15.2 Å². The molecule has 0 radical (unpaired) electrons. The van der Waals surface area contributed by atoms with Crippen LogP contribution < -0.4 is 15.2 Å². The number of methoxy groups -OCH3 is 1. The van der Waals surface area contributed by atoms with Crippen molar-refractivity contribution in [1.82, 2.24) is 0 Å². The number of ketones is 1. The number of Topliss-reactive ketones (excluding diaryl/α,β-unsaturated/α-hetero) is 1. The number of rotatable bonds is 11. The summed E-state index contributed by atoms with van der Waals surface area (Å²) in [5.41, 5.74) is 6.81. The van der Waals surface area contributed by atoms with Crippen LogP contribution in [0.15, 0.2) is 30.3 Å². The average Bonchev–Trinajstić information content (AvgIpc) is 2.69. The van der Waals surface area contributed by atoms with Crippen molar-refractivity contribution in [1.29, 1.82) is 0 Å². The number of phenolic OH excluding ortho intramolecular Hbond substituents is 3. The van der Waals surface area contributed by atoms with Gasteiger partial charge in [-0.1, -0.05) is 6.07 Å². The topological polar surface area (TPSA) is 142 Å². The molecule has 0 aliphatic rings. The maximum atomic E-state index is 12.2. The monoisotopic (exact) mass is 405 g/mol. The molecule has 2 rings (SSSR count). The van der Waals surface area contributed by atoms with Crippen molar-refractivity contribution in [2.75, 3.05) is 13.8 Å². The van der Waals surface area contributed by atoms with E-state index in [9.17, 15) is 25.2 Å². The van der Waals surface area contributed by atoms with Crippen molar-refractivity contribution in [2.45, 2.75) is 38.2 Å². The van der Waals surface area contributed by atoms with Crippen LogP contribution in [0.4, 0.5) is 0 Å². The zero-order valence-electron chi connectivity index (χ0n) is 16.3. The first-order chi connectivity index (χ1) is 13.8. The summed E-state index contributed by atoms with van der Waals surface area (Å²) < 4.78 is 10.1. The van der Waals surface area contributed by atoms with Gasteiger partial charge in [-0.25, -0.2) is 0 Å². The average molecular weight is 405 g/mol. The Hall–Kier alpha value is -2.97. The third-order valence-electron chi connectivity index (χ3n) is 4.52. The third kappa shape index (κ3) is 6.55. The van der Waals surface area contributed by atoms with Gasteiger partial charge in [0.25, 0.3) is 0 Å². The first kappa shape index (κ1) is 22.3. The summed E-state index contributed by atoms with van der Waals surface area (Å²) in [6, 6.07) is 7.80. The highest BCUT2D eigenvalue weighted by molar-refractivity contribution is 5.79. The van der Waals surface area contributed by atoms with Gasteiger partial charge in [-0.05, 0) is 54.7 Å². The zero-order chi connectivity index (χ0) is 21.4. The molecule has 8 heteroatoms. The van der Waals surface area contributed by atoms with Crippen LogP contribution in [0, 0.1) is 0 Å². The lowest BCUT2D eigenvalue weighted by Crippen LogP contribution is -2.15. The number of aliphatic hydroxyl groups excluding tert-OH is 1. The van der Waals surface area contributed by atoms with Crippen LogP contribution in [-0.4, -0.2) is 46.2 Å². The fraction of sp³-hybridized carbons (Fsp3) is 0.381. The predicted octanol–water partition coefficient (Wildman–Crippen LogP) is 1.99. The molecule has 158 valence electrons. The predicted molar refractivity (Wildman–Crippen MR) is 106 cm³/mol. The van der Waals surface area contributed by atoms with Gasteiger partial charge < -0.3 is 29.9 Å². The number of benzene rings is 2. The first-order valence-electron chi connectivity index (χ1n) is 9.27. The maximum Gasteiger partial charge on any atom is 0.200 e. The van der Waals surface area contributed by atoms with Gasteiger partial charge >= 0.3 is 0 Å². The van der Waals surface area contributed by atoms with Crippen molar-refractivity contribution in [3.63, 3.8) is 0 Å². The van der Waals surface area contributed by atoms with Crippen molar-refractivity contribution in [3.05, 3.63) is 41.5 Å². The molecule has 0 aromatic heterocycles. The molecule has 0 saturated heterocycles. The highest BCUT2D eigenvalue weighted by Gasteiger charge is 2.14. The summed E-state index contributed by atoms with van der Waals surface area (Å²) >= 11 is 0. The molecule has 0 heterocycles. The molecule has 29 heavy (non-hydrogen) atoms. The number of carbonyl (C=O) groups is 1. The number of nitrogens with two attached hydrogens (primary N) is 1. The quantitative estimate of drug-likeness (QED) is 0.282. The van der Waals surface area contributed by atoms with Crippen molar-refractivity contribution in [2.24, 2.45) is 5.73 Å². The van der Waals surface area contributed by atoms with Crippen LogP contribution in [0.3, 0.4) is 0 Å². The van der Waals surface area contributed by atoms with Gasteiger partial charge in [-0.2, -0.15) is 0 Å². The molecule has 0 saturated carbocycles. The maximum absolute atomic E-state index is 12.2. The van der Waals surface area contributed by atoms with Gasteiger partial charge in [0.1, 0.15) is 12.5 Å². The number of aromatic hydroxyl groups is 3. The molecule has 1 atom stereocenters. The Morgan fingerprint density at radius 3 is 2.45 bits per heavy atom. The second-order valence-corrected chi connectivity index (χ2v) is 6.71. The SMILES string of the molecule is COc1cc(CCC(O)CC(=O)CCc2ccc(O)c(OCN)c2)cc(O)c1O. The molecule has 1 unspecified atom stereocenters. The Kier molecular flexibility index (Phi) is 8.11. The molecule has 0 aliphatic heterocycles. The van der Waals surface area contributed by atoms with Gasteiger partial charge in [0.05, 0.1) is 13.2 Å². The molecule has 6 N–H and O–H groups in total. The van der Waals surface area contributed by atoms with Gasteiger partial charge in [0, 0.05) is 12.8 Å². The fourth-order valence-electron chi connectivity index (χ4n) is 2.95. The third-order valence-corrected chi connectivity index (χ3v) is 4.52. The van der Waals surface area contributed by atoms with Gasteiger partial charge in [-0.3, -0.25) is 10.5 Å². The highest BCUT2D eigenvalue weighted by atomic mass is 16.5. The normalized spacial score (nSPS) is 11.8. The number of hydrogen-bond donors (Lipinski definition) is 5. The Labute approximate surface area is 169 Å². The number of hydrogen-bond acceptors (Lipinski definition) is 8. The Bertz CT molecular complexity index is 838. The van der Waals surface area contributed by atoms with Gasteiger partial charge in [-0.15, -0.1) is 0 Å². The first-order valence-corrected chi connectivity index (χ1v) is 9.27. The van der Waals surface area contributed by atoms with Crippen LogP contribution in [0.5, 0.6) is 28.7 Å².